The lowest BCUT2D eigenvalue weighted by atomic mass is 9.73. The van der Waals surface area contributed by atoms with E-state index in [0.717, 1.165) is 12.8 Å². The largest absolute Gasteiger partial charge is 0.465 e. The van der Waals surface area contributed by atoms with Gasteiger partial charge in [-0.1, -0.05) is 94.9 Å². The molecule has 0 aromatic rings. The molecule has 5 nitrogen and oxygen atoms in total. The number of aliphatic hydroxyl groups is 1. The molecular weight excluding hydrogens is 414 g/mol. The van der Waals surface area contributed by atoms with Gasteiger partial charge in [-0.15, -0.1) is 0 Å². The molecule has 0 heterocycles. The minimum Gasteiger partial charge on any atom is -0.465 e. The third-order valence-electron chi connectivity index (χ3n) is 6.37. The zero-order valence-electron chi connectivity index (χ0n) is 23.7. The van der Waals surface area contributed by atoms with Crippen molar-refractivity contribution in [3.05, 3.63) is 0 Å². The molecule has 0 aliphatic heterocycles. The molecule has 198 valence electrons. The lowest BCUT2D eigenvalue weighted by Crippen LogP contribution is -2.41. The highest BCUT2D eigenvalue weighted by molar-refractivity contribution is 5.70. The van der Waals surface area contributed by atoms with Crippen molar-refractivity contribution in [2.75, 3.05) is 13.2 Å². The summed E-state index contributed by atoms with van der Waals surface area (Å²) in [4.78, 5) is 12.4. The average Bonchev–Trinajstić information content (AvgIpc) is 2.66. The van der Waals surface area contributed by atoms with Crippen LogP contribution in [0.15, 0.2) is 0 Å². The molecule has 0 saturated carbocycles. The molecule has 0 spiro atoms. The van der Waals surface area contributed by atoms with Gasteiger partial charge in [0.1, 0.15) is 0 Å². The monoisotopic (exact) mass is 471 g/mol. The van der Waals surface area contributed by atoms with Gasteiger partial charge < -0.3 is 20.3 Å². The summed E-state index contributed by atoms with van der Waals surface area (Å²) in [5.74, 6) is -0.385. The lowest BCUT2D eigenvalue weighted by molar-refractivity contribution is -0.158. The average molecular weight is 472 g/mol. The van der Waals surface area contributed by atoms with Gasteiger partial charge in [-0.25, -0.2) is 0 Å². The van der Waals surface area contributed by atoms with Crippen LogP contribution in [0.2, 0.25) is 0 Å². The second kappa shape index (κ2) is 14.0. The highest BCUT2D eigenvalue weighted by Crippen LogP contribution is 2.38. The van der Waals surface area contributed by atoms with Crippen LogP contribution in [-0.2, 0) is 14.3 Å². The van der Waals surface area contributed by atoms with Crippen LogP contribution in [0, 0.1) is 21.7 Å². The van der Waals surface area contributed by atoms with Crippen LogP contribution in [-0.4, -0.2) is 36.6 Å². The molecule has 0 aromatic heterocycles. The molecule has 3 N–H and O–H groups in total. The van der Waals surface area contributed by atoms with Crippen molar-refractivity contribution < 1.29 is 19.4 Å². The second-order valence-electron chi connectivity index (χ2n) is 13.4. The van der Waals surface area contributed by atoms with E-state index in [2.05, 4.69) is 69.2 Å². The third-order valence-corrected chi connectivity index (χ3v) is 6.37. The lowest BCUT2D eigenvalue weighted by Gasteiger charge is -2.36. The van der Waals surface area contributed by atoms with Gasteiger partial charge in [0.2, 0.25) is 0 Å². The van der Waals surface area contributed by atoms with E-state index in [0.29, 0.717) is 13.2 Å². The molecule has 0 aliphatic rings. The maximum absolute atomic E-state index is 12.4. The standard InChI is InChI=1S/C28H57NO4/c1-11-13-15-25(3,4)18-27(7,8)20-32-23(30)17-22(29)24(31)33-21-28(9,10)19-26(5,6)16-14-12-2/h22,24,31H,11-21,29H2,1-10H3/t22-,24?/m1/s1. The van der Waals surface area contributed by atoms with E-state index in [1.807, 2.05) is 0 Å². The topological polar surface area (TPSA) is 81.8 Å². The molecule has 2 atom stereocenters. The molecule has 1 unspecified atom stereocenters. The Morgan fingerprint density at radius 3 is 1.64 bits per heavy atom. The van der Waals surface area contributed by atoms with E-state index >= 15 is 0 Å². The number of nitrogens with two attached hydrogens (primary N) is 1. The van der Waals surface area contributed by atoms with E-state index in [1.54, 1.807) is 0 Å². The van der Waals surface area contributed by atoms with Crippen molar-refractivity contribution >= 4 is 5.97 Å². The molecule has 33 heavy (non-hydrogen) atoms. The summed E-state index contributed by atoms with van der Waals surface area (Å²) in [6.45, 7) is 22.9. The summed E-state index contributed by atoms with van der Waals surface area (Å²) in [7, 11) is 0. The van der Waals surface area contributed by atoms with Crippen molar-refractivity contribution in [3.63, 3.8) is 0 Å². The molecule has 0 rings (SSSR count). The number of carbonyl (C=O) groups is 1. The number of carbonyl (C=O) groups excluding carboxylic acids is 1. The first-order valence-electron chi connectivity index (χ1n) is 13.2. The molecular formula is C28H57NO4. The first-order chi connectivity index (χ1) is 14.9. The first kappa shape index (κ1) is 32.4. The molecule has 0 aliphatic carbocycles. The number of hydrogen-bond donors (Lipinski definition) is 2. The zero-order chi connectivity index (χ0) is 25.9. The number of unbranched alkanes of at least 4 members (excludes halogenated alkanes) is 2. The first-order valence-corrected chi connectivity index (χ1v) is 13.2. The van der Waals surface area contributed by atoms with Crippen molar-refractivity contribution in [3.8, 4) is 0 Å². The smallest absolute Gasteiger partial charge is 0.307 e. The van der Waals surface area contributed by atoms with E-state index < -0.39 is 12.3 Å². The minimum absolute atomic E-state index is 0.0567. The summed E-state index contributed by atoms with van der Waals surface area (Å²) in [6.07, 6.45) is 7.88. The number of rotatable bonds is 18. The van der Waals surface area contributed by atoms with Crippen LogP contribution in [0.4, 0.5) is 0 Å². The maximum atomic E-state index is 12.4. The van der Waals surface area contributed by atoms with E-state index in [-0.39, 0.29) is 34.1 Å². The molecule has 0 radical (unpaired) electrons. The van der Waals surface area contributed by atoms with Crippen molar-refractivity contribution in [1.82, 2.24) is 0 Å². The Bertz CT molecular complexity index is 554. The van der Waals surface area contributed by atoms with Gasteiger partial charge in [-0.3, -0.25) is 4.79 Å². The molecule has 0 saturated heterocycles. The van der Waals surface area contributed by atoms with Crippen molar-refractivity contribution in [1.29, 1.82) is 0 Å². The summed E-state index contributed by atoms with van der Waals surface area (Å²) in [5, 5.41) is 10.4. The van der Waals surface area contributed by atoms with Gasteiger partial charge in [-0.2, -0.15) is 0 Å². The van der Waals surface area contributed by atoms with Gasteiger partial charge in [0.05, 0.1) is 25.7 Å². The molecule has 0 fully saturated rings. The summed E-state index contributed by atoms with van der Waals surface area (Å²) in [5.41, 5.74) is 6.29. The van der Waals surface area contributed by atoms with E-state index in [4.69, 9.17) is 15.2 Å². The Labute approximate surface area is 205 Å². The van der Waals surface area contributed by atoms with E-state index in [9.17, 15) is 9.90 Å². The maximum Gasteiger partial charge on any atom is 0.307 e. The van der Waals surface area contributed by atoms with Crippen LogP contribution in [0.25, 0.3) is 0 Å². The number of ether oxygens (including phenoxy) is 2. The number of esters is 1. The zero-order valence-corrected chi connectivity index (χ0v) is 23.7. The van der Waals surface area contributed by atoms with Crippen molar-refractivity contribution in [2.24, 2.45) is 27.4 Å². The van der Waals surface area contributed by atoms with Gasteiger partial charge in [0.15, 0.2) is 6.29 Å². The van der Waals surface area contributed by atoms with Crippen LogP contribution in [0.1, 0.15) is 127 Å². The highest BCUT2D eigenvalue weighted by Gasteiger charge is 2.32. The summed E-state index contributed by atoms with van der Waals surface area (Å²) < 4.78 is 11.2. The molecule has 0 aromatic carbocycles. The van der Waals surface area contributed by atoms with Crippen LogP contribution < -0.4 is 5.73 Å². The molecule has 0 bridgehead atoms. The summed E-state index contributed by atoms with van der Waals surface area (Å²) in [6, 6.07) is -0.800. The Morgan fingerprint density at radius 1 is 0.788 bits per heavy atom. The minimum atomic E-state index is -1.18. The predicted molar refractivity (Wildman–Crippen MR) is 139 cm³/mol. The third kappa shape index (κ3) is 15.8. The Kier molecular flexibility index (Phi) is 13.8. The summed E-state index contributed by atoms with van der Waals surface area (Å²) >= 11 is 0. The predicted octanol–water partition coefficient (Wildman–Crippen LogP) is 6.85. The van der Waals surface area contributed by atoms with Crippen LogP contribution in [0.5, 0.6) is 0 Å². The fraction of sp³-hybridized carbons (Fsp3) is 0.964. The fourth-order valence-corrected chi connectivity index (χ4v) is 5.24. The Balaban J connectivity index is 4.52. The SMILES string of the molecule is CCCCC(C)(C)CC(C)(C)COC(=O)C[C@@H](N)C(O)OCC(C)(C)CC(C)(C)CCCC. The van der Waals surface area contributed by atoms with Crippen LogP contribution in [0.3, 0.4) is 0 Å². The highest BCUT2D eigenvalue weighted by atomic mass is 16.6. The van der Waals surface area contributed by atoms with Gasteiger partial charge in [-0.05, 0) is 47.3 Å². The van der Waals surface area contributed by atoms with E-state index in [1.165, 1.54) is 38.5 Å². The second-order valence-corrected chi connectivity index (χ2v) is 13.4. The van der Waals surface area contributed by atoms with Crippen LogP contribution >= 0.6 is 0 Å². The van der Waals surface area contributed by atoms with Gasteiger partial charge >= 0.3 is 5.97 Å². The Hall–Kier alpha value is -0.650. The molecule has 5 heteroatoms. The van der Waals surface area contributed by atoms with Gasteiger partial charge in [0, 0.05) is 0 Å². The molecule has 0 amide bonds. The quantitative estimate of drug-likeness (QED) is 0.169. The number of aliphatic hydroxyl groups excluding tert-OH is 1. The number of hydrogen-bond acceptors (Lipinski definition) is 5. The van der Waals surface area contributed by atoms with Gasteiger partial charge in [0.25, 0.3) is 0 Å². The normalized spacial score (nSPS) is 15.4. The fourth-order valence-electron chi connectivity index (χ4n) is 5.24. The Morgan fingerprint density at radius 2 is 1.21 bits per heavy atom. The van der Waals surface area contributed by atoms with Crippen molar-refractivity contribution in [2.45, 2.75) is 139 Å².